The number of urea groups is 1. The van der Waals surface area contributed by atoms with Gasteiger partial charge in [0.05, 0.1) is 17.9 Å². The number of amides is 3. The summed E-state index contributed by atoms with van der Waals surface area (Å²) in [5.41, 5.74) is 2.12. The second kappa shape index (κ2) is 6.11. The van der Waals surface area contributed by atoms with Crippen molar-refractivity contribution >= 4 is 17.6 Å². The predicted octanol–water partition coefficient (Wildman–Crippen LogP) is 1.47. The van der Waals surface area contributed by atoms with Crippen molar-refractivity contribution in [3.05, 3.63) is 29.8 Å². The third kappa shape index (κ3) is 3.07. The van der Waals surface area contributed by atoms with Crippen molar-refractivity contribution in [1.29, 1.82) is 0 Å². The van der Waals surface area contributed by atoms with E-state index in [1.54, 1.807) is 27.9 Å². The van der Waals surface area contributed by atoms with Crippen molar-refractivity contribution in [3.8, 4) is 0 Å². The van der Waals surface area contributed by atoms with Gasteiger partial charge in [-0.1, -0.05) is 20.8 Å². The Morgan fingerprint density at radius 1 is 1.26 bits per heavy atom. The number of hydrogen-bond acceptors (Lipinski definition) is 4. The molecule has 2 fully saturated rings. The van der Waals surface area contributed by atoms with Gasteiger partial charge in [-0.15, -0.1) is 0 Å². The average Bonchev–Trinajstić information content (AvgIpc) is 3.27. The third-order valence-electron chi connectivity index (χ3n) is 5.24. The van der Waals surface area contributed by atoms with E-state index in [1.807, 2.05) is 16.9 Å². The van der Waals surface area contributed by atoms with Crippen LogP contribution in [0.15, 0.2) is 18.5 Å². The summed E-state index contributed by atoms with van der Waals surface area (Å²) in [6, 6.07) is 1.95. The summed E-state index contributed by atoms with van der Waals surface area (Å²) in [5, 5.41) is 11.5. The molecule has 9 heteroatoms. The van der Waals surface area contributed by atoms with Crippen molar-refractivity contribution in [1.82, 2.24) is 29.8 Å². The third-order valence-corrected chi connectivity index (χ3v) is 5.24. The number of rotatable bonds is 3. The first-order valence-electron chi connectivity index (χ1n) is 9.16. The number of nitrogens with zero attached hydrogens (tertiary/aromatic N) is 6. The van der Waals surface area contributed by atoms with Crippen molar-refractivity contribution in [3.63, 3.8) is 0 Å². The number of carbonyl (C=O) groups is 2. The van der Waals surface area contributed by atoms with Gasteiger partial charge in [-0.2, -0.15) is 10.2 Å². The minimum absolute atomic E-state index is 0.00634. The van der Waals surface area contributed by atoms with Gasteiger partial charge >= 0.3 is 6.03 Å². The highest BCUT2D eigenvalue weighted by Gasteiger charge is 2.35. The summed E-state index contributed by atoms with van der Waals surface area (Å²) < 4.78 is 1.84. The lowest BCUT2D eigenvalue weighted by molar-refractivity contribution is 0.0495. The van der Waals surface area contributed by atoms with Gasteiger partial charge in [0.25, 0.3) is 5.91 Å². The largest absolute Gasteiger partial charge is 0.333 e. The molecule has 2 aromatic heterocycles. The van der Waals surface area contributed by atoms with Crippen molar-refractivity contribution in [2.45, 2.75) is 32.2 Å². The Kier molecular flexibility index (Phi) is 3.97. The molecule has 2 saturated heterocycles. The van der Waals surface area contributed by atoms with Crippen LogP contribution < -0.4 is 4.90 Å². The minimum atomic E-state index is -0.0739. The number of likely N-dealkylation sites (tertiary alicyclic amines) is 1. The maximum Gasteiger partial charge on any atom is 0.324 e. The number of aromatic amines is 1. The summed E-state index contributed by atoms with van der Waals surface area (Å²) in [6.07, 6.45) is 3.60. The molecule has 0 unspecified atom stereocenters. The molecule has 0 saturated carbocycles. The lowest BCUT2D eigenvalue weighted by Crippen LogP contribution is -2.51. The fourth-order valence-electron chi connectivity index (χ4n) is 3.32. The number of hydrogen-bond donors (Lipinski definition) is 1. The molecule has 2 aliphatic rings. The molecular weight excluding hydrogens is 346 g/mol. The zero-order chi connectivity index (χ0) is 19.3. The summed E-state index contributed by atoms with van der Waals surface area (Å²) in [7, 11) is 1.79. The van der Waals surface area contributed by atoms with E-state index in [-0.39, 0.29) is 23.4 Å². The lowest BCUT2D eigenvalue weighted by atomic mass is 9.92. The molecule has 27 heavy (non-hydrogen) atoms. The van der Waals surface area contributed by atoms with Crippen LogP contribution in [0.5, 0.6) is 0 Å². The number of nitrogens with one attached hydrogen (secondary N) is 1. The van der Waals surface area contributed by atoms with E-state index in [2.05, 4.69) is 36.1 Å². The first kappa shape index (κ1) is 17.6. The molecule has 0 spiro atoms. The monoisotopic (exact) mass is 371 g/mol. The van der Waals surface area contributed by atoms with Gasteiger partial charge in [0.1, 0.15) is 5.69 Å². The Morgan fingerprint density at radius 3 is 2.59 bits per heavy atom. The SMILES string of the molecule is CN1CCN(c2cnn(C3CN(C(=O)c4cc(C(C)(C)C)[nH]n4)C3)c2)C1=O. The van der Waals surface area contributed by atoms with Crippen LogP contribution >= 0.6 is 0 Å². The second-order valence-electron chi connectivity index (χ2n) is 8.32. The topological polar surface area (TPSA) is 90.4 Å². The van der Waals surface area contributed by atoms with Gasteiger partial charge in [0.2, 0.25) is 0 Å². The minimum Gasteiger partial charge on any atom is -0.333 e. The molecule has 0 aromatic carbocycles. The van der Waals surface area contributed by atoms with Crippen LogP contribution in [0.25, 0.3) is 0 Å². The van der Waals surface area contributed by atoms with Crippen LogP contribution in [0, 0.1) is 0 Å². The molecule has 0 bridgehead atoms. The number of anilines is 1. The normalized spacial score (nSPS) is 18.4. The standard InChI is InChI=1S/C18H25N7O2/c1-18(2,3)15-7-14(20-21-15)16(26)23-9-13(10-23)25-11-12(8-19-25)24-6-5-22(4)17(24)27/h7-8,11,13H,5-6,9-10H2,1-4H3,(H,20,21). The number of likely N-dealkylation sites (N-methyl/N-ethyl adjacent to an activating group) is 1. The fraction of sp³-hybridized carbons (Fsp3) is 0.556. The molecule has 0 atom stereocenters. The maximum atomic E-state index is 12.6. The molecule has 0 aliphatic carbocycles. The Bertz CT molecular complexity index is 872. The van der Waals surface area contributed by atoms with Crippen molar-refractivity contribution < 1.29 is 9.59 Å². The summed E-state index contributed by atoms with van der Waals surface area (Å²) in [5.74, 6) is -0.0678. The van der Waals surface area contributed by atoms with Crippen LogP contribution in [-0.4, -0.2) is 74.9 Å². The van der Waals surface area contributed by atoms with E-state index in [1.165, 1.54) is 0 Å². The van der Waals surface area contributed by atoms with Gasteiger partial charge in [0, 0.05) is 50.5 Å². The van der Waals surface area contributed by atoms with Crippen LogP contribution in [0.4, 0.5) is 10.5 Å². The summed E-state index contributed by atoms with van der Waals surface area (Å²) in [6.45, 7) is 8.80. The summed E-state index contributed by atoms with van der Waals surface area (Å²) >= 11 is 0. The first-order valence-corrected chi connectivity index (χ1v) is 9.16. The van der Waals surface area contributed by atoms with E-state index in [4.69, 9.17) is 0 Å². The van der Waals surface area contributed by atoms with Gasteiger partial charge < -0.3 is 9.80 Å². The highest BCUT2D eigenvalue weighted by Crippen LogP contribution is 2.27. The van der Waals surface area contributed by atoms with Gasteiger partial charge in [0.15, 0.2) is 0 Å². The van der Waals surface area contributed by atoms with E-state index in [0.29, 0.717) is 25.3 Å². The van der Waals surface area contributed by atoms with Gasteiger partial charge in [-0.05, 0) is 6.07 Å². The van der Waals surface area contributed by atoms with Crippen LogP contribution in [0.2, 0.25) is 0 Å². The predicted molar refractivity (Wildman–Crippen MR) is 99.8 cm³/mol. The summed E-state index contributed by atoms with van der Waals surface area (Å²) in [4.78, 5) is 29.9. The molecule has 4 rings (SSSR count). The molecule has 0 radical (unpaired) electrons. The Hall–Kier alpha value is -2.84. The van der Waals surface area contributed by atoms with E-state index in [0.717, 1.165) is 17.9 Å². The average molecular weight is 371 g/mol. The number of carbonyl (C=O) groups excluding carboxylic acids is 2. The second-order valence-corrected chi connectivity index (χ2v) is 8.32. The molecule has 3 amide bonds. The van der Waals surface area contributed by atoms with Crippen LogP contribution in [0.1, 0.15) is 43.0 Å². The quantitative estimate of drug-likeness (QED) is 0.885. The molecule has 144 valence electrons. The first-order chi connectivity index (χ1) is 12.7. The zero-order valence-corrected chi connectivity index (χ0v) is 16.1. The highest BCUT2D eigenvalue weighted by molar-refractivity contribution is 5.94. The van der Waals surface area contributed by atoms with Gasteiger partial charge in [-0.25, -0.2) is 4.79 Å². The molecule has 2 aliphatic heterocycles. The van der Waals surface area contributed by atoms with Gasteiger partial charge in [-0.3, -0.25) is 19.5 Å². The van der Waals surface area contributed by atoms with E-state index >= 15 is 0 Å². The lowest BCUT2D eigenvalue weighted by Gasteiger charge is -2.38. The number of aromatic nitrogens is 4. The molecule has 2 aromatic rings. The van der Waals surface area contributed by atoms with E-state index in [9.17, 15) is 9.59 Å². The molecule has 9 nitrogen and oxygen atoms in total. The molecule has 1 N–H and O–H groups in total. The Morgan fingerprint density at radius 2 is 2.00 bits per heavy atom. The van der Waals surface area contributed by atoms with E-state index < -0.39 is 0 Å². The maximum absolute atomic E-state index is 12.6. The van der Waals surface area contributed by atoms with Crippen molar-refractivity contribution in [2.24, 2.45) is 0 Å². The Labute approximate surface area is 157 Å². The molecule has 4 heterocycles. The molecular formula is C18H25N7O2. The zero-order valence-electron chi connectivity index (χ0n) is 16.1. The fourth-order valence-corrected chi connectivity index (χ4v) is 3.32. The Balaban J connectivity index is 1.38. The smallest absolute Gasteiger partial charge is 0.324 e. The van der Waals surface area contributed by atoms with Crippen LogP contribution in [0.3, 0.4) is 0 Å². The number of H-pyrrole nitrogens is 1. The highest BCUT2D eigenvalue weighted by atomic mass is 16.2. The van der Waals surface area contributed by atoms with Crippen LogP contribution in [-0.2, 0) is 5.41 Å². The van der Waals surface area contributed by atoms with Crippen molar-refractivity contribution in [2.75, 3.05) is 38.1 Å².